The predicted octanol–water partition coefficient (Wildman–Crippen LogP) is 3.46. The maximum atomic E-state index is 12.4. The molecule has 1 aromatic carbocycles. The summed E-state index contributed by atoms with van der Waals surface area (Å²) in [6.45, 7) is 3.66. The zero-order valence-corrected chi connectivity index (χ0v) is 12.7. The van der Waals surface area contributed by atoms with Crippen LogP contribution in [0, 0.1) is 0 Å². The van der Waals surface area contributed by atoms with Crippen molar-refractivity contribution in [3.8, 4) is 5.75 Å². The van der Waals surface area contributed by atoms with Gasteiger partial charge in [0.1, 0.15) is 5.75 Å². The van der Waals surface area contributed by atoms with Gasteiger partial charge in [0, 0.05) is 6.54 Å². The molecular weight excluding hydrogens is 270 g/mol. The second kappa shape index (κ2) is 7.22. The van der Waals surface area contributed by atoms with Crippen LogP contribution in [-0.4, -0.2) is 30.9 Å². The zero-order valence-electron chi connectivity index (χ0n) is 11.8. The first-order valence-corrected chi connectivity index (χ1v) is 7.59. The molecule has 0 atom stereocenters. The molecule has 0 spiro atoms. The van der Waals surface area contributed by atoms with E-state index in [1.165, 1.54) is 5.56 Å². The van der Waals surface area contributed by atoms with E-state index in [4.69, 9.17) is 4.74 Å². The third kappa shape index (κ3) is 3.92. The van der Waals surface area contributed by atoms with Crippen LogP contribution in [0.25, 0.3) is 0 Å². The Morgan fingerprint density at radius 1 is 1.30 bits per heavy atom. The molecule has 0 unspecified atom stereocenters. The molecule has 0 saturated heterocycles. The number of ether oxygens (including phenoxy) is 1. The molecule has 0 amide bonds. The van der Waals surface area contributed by atoms with Gasteiger partial charge in [-0.15, -0.1) is 0 Å². The van der Waals surface area contributed by atoms with E-state index in [2.05, 4.69) is 16.8 Å². The highest BCUT2D eigenvalue weighted by molar-refractivity contribution is 7.07. The summed E-state index contributed by atoms with van der Waals surface area (Å²) in [6.07, 6.45) is 0. The maximum absolute atomic E-state index is 12.4. The number of rotatable bonds is 7. The third-order valence-corrected chi connectivity index (χ3v) is 3.67. The molecule has 0 aliphatic rings. The van der Waals surface area contributed by atoms with Crippen LogP contribution < -0.4 is 4.74 Å². The van der Waals surface area contributed by atoms with Crippen molar-refractivity contribution in [1.82, 2.24) is 4.90 Å². The molecule has 2 aromatic rings. The Morgan fingerprint density at radius 3 is 2.80 bits per heavy atom. The highest BCUT2D eigenvalue weighted by atomic mass is 32.1. The lowest BCUT2D eigenvalue weighted by Crippen LogP contribution is -2.25. The molecule has 20 heavy (non-hydrogen) atoms. The first-order valence-electron chi connectivity index (χ1n) is 6.65. The molecule has 0 aliphatic carbocycles. The number of thiophene rings is 1. The molecule has 0 fully saturated rings. The fourth-order valence-electron chi connectivity index (χ4n) is 2.06. The summed E-state index contributed by atoms with van der Waals surface area (Å²) in [5, 5.41) is 4.16. The summed E-state index contributed by atoms with van der Waals surface area (Å²) < 4.78 is 5.51. The summed E-state index contributed by atoms with van der Waals surface area (Å²) in [4.78, 5) is 14.4. The molecular formula is C16H19NO2S. The van der Waals surface area contributed by atoms with Crippen molar-refractivity contribution in [3.63, 3.8) is 0 Å². The Balaban J connectivity index is 2.00. The van der Waals surface area contributed by atoms with Gasteiger partial charge in [0.05, 0.1) is 18.7 Å². The molecule has 1 heterocycles. The van der Waals surface area contributed by atoms with E-state index < -0.39 is 0 Å². The number of Topliss-reactive ketones (excluding diaryl/α,β-unsaturated/α-hetero) is 1. The monoisotopic (exact) mass is 289 g/mol. The summed E-state index contributed by atoms with van der Waals surface area (Å²) in [6, 6.07) is 9.51. The fraction of sp³-hybridized carbons (Fsp3) is 0.312. The zero-order chi connectivity index (χ0) is 14.4. The van der Waals surface area contributed by atoms with Gasteiger partial charge in [0.15, 0.2) is 5.78 Å². The molecule has 0 N–H and O–H groups in total. The Labute approximate surface area is 123 Å². The van der Waals surface area contributed by atoms with E-state index in [1.807, 2.05) is 43.1 Å². The second-order valence-corrected chi connectivity index (χ2v) is 5.44. The SMILES string of the molecule is CCOc1ccccc1C(=O)CN(C)Cc1ccsc1. The molecule has 0 saturated carbocycles. The number of para-hydroxylation sites is 1. The molecule has 0 radical (unpaired) electrons. The predicted molar refractivity (Wildman–Crippen MR) is 82.6 cm³/mol. The molecule has 3 nitrogen and oxygen atoms in total. The molecule has 0 bridgehead atoms. The Kier molecular flexibility index (Phi) is 5.32. The smallest absolute Gasteiger partial charge is 0.180 e. The van der Waals surface area contributed by atoms with Crippen LogP contribution in [0.1, 0.15) is 22.8 Å². The minimum atomic E-state index is 0.0896. The van der Waals surface area contributed by atoms with Gasteiger partial charge in [0.2, 0.25) is 0 Å². The van der Waals surface area contributed by atoms with Crippen molar-refractivity contribution >= 4 is 17.1 Å². The van der Waals surface area contributed by atoms with Gasteiger partial charge in [-0.25, -0.2) is 0 Å². The van der Waals surface area contributed by atoms with Crippen molar-refractivity contribution in [2.45, 2.75) is 13.5 Å². The average molecular weight is 289 g/mol. The van der Waals surface area contributed by atoms with Gasteiger partial charge >= 0.3 is 0 Å². The van der Waals surface area contributed by atoms with Crippen LogP contribution in [0.2, 0.25) is 0 Å². The highest BCUT2D eigenvalue weighted by Crippen LogP contribution is 2.19. The number of likely N-dealkylation sites (N-methyl/N-ethyl adjacent to an activating group) is 1. The first kappa shape index (κ1) is 14.8. The maximum Gasteiger partial charge on any atom is 0.180 e. The molecule has 1 aromatic heterocycles. The van der Waals surface area contributed by atoms with Gasteiger partial charge in [-0.3, -0.25) is 9.69 Å². The van der Waals surface area contributed by atoms with Gasteiger partial charge in [-0.1, -0.05) is 12.1 Å². The Bertz CT molecular complexity index is 551. The van der Waals surface area contributed by atoms with Crippen molar-refractivity contribution in [1.29, 1.82) is 0 Å². The van der Waals surface area contributed by atoms with Crippen LogP contribution in [-0.2, 0) is 6.54 Å². The highest BCUT2D eigenvalue weighted by Gasteiger charge is 2.14. The lowest BCUT2D eigenvalue weighted by Gasteiger charge is -2.16. The standard InChI is InChI=1S/C16H19NO2S/c1-3-19-16-7-5-4-6-14(16)15(18)11-17(2)10-13-8-9-20-12-13/h4-9,12H,3,10-11H2,1-2H3. The average Bonchev–Trinajstić information content (AvgIpc) is 2.92. The quantitative estimate of drug-likeness (QED) is 0.731. The van der Waals surface area contributed by atoms with E-state index in [1.54, 1.807) is 11.3 Å². The topological polar surface area (TPSA) is 29.5 Å². The van der Waals surface area contributed by atoms with Gasteiger partial charge in [0.25, 0.3) is 0 Å². The Morgan fingerprint density at radius 2 is 2.10 bits per heavy atom. The van der Waals surface area contributed by atoms with Crippen LogP contribution in [0.5, 0.6) is 5.75 Å². The molecule has 106 valence electrons. The van der Waals surface area contributed by atoms with Crippen molar-refractivity contribution in [2.75, 3.05) is 20.2 Å². The summed E-state index contributed by atoms with van der Waals surface area (Å²) in [5.41, 5.74) is 1.90. The summed E-state index contributed by atoms with van der Waals surface area (Å²) in [5.74, 6) is 0.760. The summed E-state index contributed by atoms with van der Waals surface area (Å²) >= 11 is 1.67. The van der Waals surface area contributed by atoms with Gasteiger partial charge in [-0.05, 0) is 48.5 Å². The number of ketones is 1. The Hall–Kier alpha value is -1.65. The number of hydrogen-bond donors (Lipinski definition) is 0. The number of benzene rings is 1. The second-order valence-electron chi connectivity index (χ2n) is 4.66. The number of carbonyl (C=O) groups is 1. The van der Waals surface area contributed by atoms with E-state index in [9.17, 15) is 4.79 Å². The van der Waals surface area contributed by atoms with Crippen LogP contribution >= 0.6 is 11.3 Å². The van der Waals surface area contributed by atoms with Crippen LogP contribution in [0.3, 0.4) is 0 Å². The fourth-order valence-corrected chi connectivity index (χ4v) is 2.72. The van der Waals surface area contributed by atoms with E-state index >= 15 is 0 Å². The third-order valence-electron chi connectivity index (χ3n) is 2.93. The lowest BCUT2D eigenvalue weighted by atomic mass is 10.1. The largest absolute Gasteiger partial charge is 0.493 e. The van der Waals surface area contributed by atoms with Crippen LogP contribution in [0.15, 0.2) is 41.1 Å². The van der Waals surface area contributed by atoms with Gasteiger partial charge < -0.3 is 4.74 Å². The lowest BCUT2D eigenvalue weighted by molar-refractivity contribution is 0.0939. The first-order chi connectivity index (χ1) is 9.70. The van der Waals surface area contributed by atoms with Gasteiger partial charge in [-0.2, -0.15) is 11.3 Å². The molecule has 2 rings (SSSR count). The van der Waals surface area contributed by atoms with Crippen LogP contribution in [0.4, 0.5) is 0 Å². The molecule has 4 heteroatoms. The van der Waals surface area contributed by atoms with Crippen molar-refractivity contribution in [3.05, 3.63) is 52.2 Å². The summed E-state index contributed by atoms with van der Waals surface area (Å²) in [7, 11) is 1.96. The van der Waals surface area contributed by atoms with E-state index in [-0.39, 0.29) is 5.78 Å². The van der Waals surface area contributed by atoms with E-state index in [0.717, 1.165) is 6.54 Å². The van der Waals surface area contributed by atoms with Crippen molar-refractivity contribution in [2.24, 2.45) is 0 Å². The minimum Gasteiger partial charge on any atom is -0.493 e. The van der Waals surface area contributed by atoms with E-state index in [0.29, 0.717) is 24.5 Å². The normalized spacial score (nSPS) is 10.8. The molecule has 0 aliphatic heterocycles. The number of carbonyl (C=O) groups excluding carboxylic acids is 1. The van der Waals surface area contributed by atoms with Crippen molar-refractivity contribution < 1.29 is 9.53 Å². The number of nitrogens with zero attached hydrogens (tertiary/aromatic N) is 1. The number of hydrogen-bond acceptors (Lipinski definition) is 4. The minimum absolute atomic E-state index is 0.0896.